The van der Waals surface area contributed by atoms with Crippen molar-refractivity contribution < 1.29 is 9.84 Å². The Morgan fingerprint density at radius 3 is 2.74 bits per heavy atom. The maximum absolute atomic E-state index is 9.24. The molecular weight excluding hydrogens is 240 g/mol. The van der Waals surface area contributed by atoms with Crippen LogP contribution in [0.1, 0.15) is 18.9 Å². The first-order chi connectivity index (χ1) is 9.24. The minimum Gasteiger partial charge on any atom is -0.492 e. The van der Waals surface area contributed by atoms with Gasteiger partial charge in [0.2, 0.25) is 0 Å². The summed E-state index contributed by atoms with van der Waals surface area (Å²) in [6, 6.07) is 9.94. The highest BCUT2D eigenvalue weighted by Gasteiger charge is 1.99. The van der Waals surface area contributed by atoms with Crippen LogP contribution >= 0.6 is 0 Å². The van der Waals surface area contributed by atoms with E-state index >= 15 is 0 Å². The van der Waals surface area contributed by atoms with E-state index in [0.29, 0.717) is 6.61 Å². The van der Waals surface area contributed by atoms with Crippen molar-refractivity contribution >= 4 is 0 Å². The summed E-state index contributed by atoms with van der Waals surface area (Å²) in [5.41, 5.74) is 1.22. The quantitative estimate of drug-likeness (QED) is 0.830. The SMILES string of the molecule is CC(O)CCc1ccc(OCCn2cccn2)cc1. The van der Waals surface area contributed by atoms with Crippen molar-refractivity contribution in [3.8, 4) is 5.75 Å². The summed E-state index contributed by atoms with van der Waals surface area (Å²) in [6.07, 6.45) is 5.12. The second-order valence-electron chi connectivity index (χ2n) is 4.65. The topological polar surface area (TPSA) is 47.3 Å². The van der Waals surface area contributed by atoms with Crippen LogP contribution in [-0.2, 0) is 13.0 Å². The Hall–Kier alpha value is -1.81. The molecule has 0 spiro atoms. The van der Waals surface area contributed by atoms with Crippen LogP contribution < -0.4 is 4.74 Å². The van der Waals surface area contributed by atoms with E-state index in [-0.39, 0.29) is 6.10 Å². The first-order valence-electron chi connectivity index (χ1n) is 6.61. The number of hydrogen-bond donors (Lipinski definition) is 1. The molecule has 102 valence electrons. The van der Waals surface area contributed by atoms with Crippen molar-refractivity contribution in [1.82, 2.24) is 9.78 Å². The van der Waals surface area contributed by atoms with E-state index in [0.717, 1.165) is 25.1 Å². The number of benzene rings is 1. The van der Waals surface area contributed by atoms with Gasteiger partial charge < -0.3 is 9.84 Å². The van der Waals surface area contributed by atoms with Crippen LogP contribution in [0.15, 0.2) is 42.7 Å². The maximum atomic E-state index is 9.24. The minimum atomic E-state index is -0.245. The molecule has 0 aliphatic carbocycles. The highest BCUT2D eigenvalue weighted by atomic mass is 16.5. The van der Waals surface area contributed by atoms with E-state index < -0.39 is 0 Å². The van der Waals surface area contributed by atoms with Gasteiger partial charge in [-0.15, -0.1) is 0 Å². The molecule has 1 N–H and O–H groups in total. The Kier molecular flexibility index (Phi) is 4.98. The normalized spacial score (nSPS) is 12.3. The van der Waals surface area contributed by atoms with Crippen LogP contribution in [0, 0.1) is 0 Å². The van der Waals surface area contributed by atoms with Crippen molar-refractivity contribution in [3.05, 3.63) is 48.3 Å². The monoisotopic (exact) mass is 260 g/mol. The first kappa shape index (κ1) is 13.6. The third kappa shape index (κ3) is 4.75. The Morgan fingerprint density at radius 2 is 2.11 bits per heavy atom. The second-order valence-corrected chi connectivity index (χ2v) is 4.65. The number of aromatic nitrogens is 2. The molecule has 0 saturated carbocycles. The van der Waals surface area contributed by atoms with Crippen LogP contribution in [-0.4, -0.2) is 27.6 Å². The Morgan fingerprint density at radius 1 is 1.32 bits per heavy atom. The van der Waals surface area contributed by atoms with Gasteiger partial charge in [0.1, 0.15) is 12.4 Å². The zero-order chi connectivity index (χ0) is 13.5. The van der Waals surface area contributed by atoms with Crippen molar-refractivity contribution in [2.45, 2.75) is 32.4 Å². The van der Waals surface area contributed by atoms with Gasteiger partial charge in [-0.25, -0.2) is 0 Å². The lowest BCUT2D eigenvalue weighted by Crippen LogP contribution is -2.08. The zero-order valence-corrected chi connectivity index (χ0v) is 11.2. The molecule has 1 heterocycles. The average Bonchev–Trinajstić information content (AvgIpc) is 2.91. The van der Waals surface area contributed by atoms with Gasteiger partial charge in [0.15, 0.2) is 0 Å². The smallest absolute Gasteiger partial charge is 0.119 e. The van der Waals surface area contributed by atoms with E-state index in [1.807, 2.05) is 48.1 Å². The van der Waals surface area contributed by atoms with Gasteiger partial charge in [0.25, 0.3) is 0 Å². The molecule has 1 aromatic carbocycles. The van der Waals surface area contributed by atoms with Crippen LogP contribution in [0.5, 0.6) is 5.75 Å². The predicted molar refractivity (Wildman–Crippen MR) is 74.2 cm³/mol. The lowest BCUT2D eigenvalue weighted by Gasteiger charge is -2.08. The molecule has 4 nitrogen and oxygen atoms in total. The predicted octanol–water partition coefficient (Wildman–Crippen LogP) is 2.28. The number of aliphatic hydroxyl groups is 1. The van der Waals surface area contributed by atoms with Crippen molar-refractivity contribution in [1.29, 1.82) is 0 Å². The number of aryl methyl sites for hydroxylation is 1. The van der Waals surface area contributed by atoms with Gasteiger partial charge in [-0.05, 0) is 43.5 Å². The molecule has 2 rings (SSSR count). The molecule has 2 aromatic rings. The van der Waals surface area contributed by atoms with Crippen molar-refractivity contribution in [2.24, 2.45) is 0 Å². The molecule has 4 heteroatoms. The van der Waals surface area contributed by atoms with E-state index in [2.05, 4.69) is 5.10 Å². The van der Waals surface area contributed by atoms with Gasteiger partial charge >= 0.3 is 0 Å². The van der Waals surface area contributed by atoms with Crippen LogP contribution in [0.4, 0.5) is 0 Å². The first-order valence-corrected chi connectivity index (χ1v) is 6.61. The summed E-state index contributed by atoms with van der Waals surface area (Å²) in [6.45, 7) is 3.16. The lowest BCUT2D eigenvalue weighted by molar-refractivity contribution is 0.185. The Balaban J connectivity index is 1.75. The third-order valence-corrected chi connectivity index (χ3v) is 2.92. The van der Waals surface area contributed by atoms with Crippen molar-refractivity contribution in [3.63, 3.8) is 0 Å². The molecule has 0 bridgehead atoms. The number of rotatable bonds is 7. The highest BCUT2D eigenvalue weighted by molar-refractivity contribution is 5.27. The van der Waals surface area contributed by atoms with E-state index in [4.69, 9.17) is 4.74 Å². The number of ether oxygens (including phenoxy) is 1. The van der Waals surface area contributed by atoms with E-state index in [1.165, 1.54) is 5.56 Å². The van der Waals surface area contributed by atoms with Gasteiger partial charge in [-0.2, -0.15) is 5.10 Å². The van der Waals surface area contributed by atoms with Crippen LogP contribution in [0.2, 0.25) is 0 Å². The van der Waals surface area contributed by atoms with Gasteiger partial charge in [0.05, 0.1) is 12.6 Å². The van der Waals surface area contributed by atoms with Gasteiger partial charge in [-0.3, -0.25) is 4.68 Å². The van der Waals surface area contributed by atoms with Crippen LogP contribution in [0.3, 0.4) is 0 Å². The summed E-state index contributed by atoms with van der Waals surface area (Å²) >= 11 is 0. The third-order valence-electron chi connectivity index (χ3n) is 2.92. The Labute approximate surface area is 113 Å². The number of aliphatic hydroxyl groups excluding tert-OH is 1. The Bertz CT molecular complexity index is 463. The summed E-state index contributed by atoms with van der Waals surface area (Å²) in [4.78, 5) is 0. The minimum absolute atomic E-state index is 0.245. The maximum Gasteiger partial charge on any atom is 0.119 e. The van der Waals surface area contributed by atoms with E-state index in [9.17, 15) is 5.11 Å². The number of hydrogen-bond acceptors (Lipinski definition) is 3. The lowest BCUT2D eigenvalue weighted by atomic mass is 10.1. The zero-order valence-electron chi connectivity index (χ0n) is 11.2. The highest BCUT2D eigenvalue weighted by Crippen LogP contribution is 2.14. The fourth-order valence-electron chi connectivity index (χ4n) is 1.82. The number of nitrogens with zero attached hydrogens (tertiary/aromatic N) is 2. The summed E-state index contributed by atoms with van der Waals surface area (Å²) in [5, 5.41) is 13.4. The summed E-state index contributed by atoms with van der Waals surface area (Å²) < 4.78 is 7.49. The molecule has 1 atom stereocenters. The fraction of sp³-hybridized carbons (Fsp3) is 0.400. The molecule has 1 aromatic heterocycles. The molecule has 0 amide bonds. The van der Waals surface area contributed by atoms with Gasteiger partial charge in [0, 0.05) is 12.4 Å². The molecule has 0 saturated heterocycles. The summed E-state index contributed by atoms with van der Waals surface area (Å²) in [5.74, 6) is 0.868. The molecule has 0 fully saturated rings. The van der Waals surface area contributed by atoms with E-state index in [1.54, 1.807) is 6.20 Å². The molecule has 0 aliphatic rings. The van der Waals surface area contributed by atoms with Crippen LogP contribution in [0.25, 0.3) is 0 Å². The average molecular weight is 260 g/mol. The molecule has 0 aliphatic heterocycles. The van der Waals surface area contributed by atoms with Crippen molar-refractivity contribution in [2.75, 3.05) is 6.61 Å². The standard InChI is InChI=1S/C15H20N2O2/c1-13(18)3-4-14-5-7-15(8-6-14)19-12-11-17-10-2-9-16-17/h2,5-10,13,18H,3-4,11-12H2,1H3. The second kappa shape index (κ2) is 6.95. The van der Waals surface area contributed by atoms with Gasteiger partial charge in [-0.1, -0.05) is 12.1 Å². The molecule has 1 unspecified atom stereocenters. The summed E-state index contributed by atoms with van der Waals surface area (Å²) in [7, 11) is 0. The largest absolute Gasteiger partial charge is 0.492 e. The molecular formula is C15H20N2O2. The fourth-order valence-corrected chi connectivity index (χ4v) is 1.82. The molecule has 19 heavy (non-hydrogen) atoms. The molecule has 0 radical (unpaired) electrons.